The van der Waals surface area contributed by atoms with E-state index >= 15 is 0 Å². The molecule has 2 rings (SSSR count). The van der Waals surface area contributed by atoms with Crippen molar-refractivity contribution in [1.29, 1.82) is 0 Å². The van der Waals surface area contributed by atoms with Crippen LogP contribution in [0, 0.1) is 0 Å². The summed E-state index contributed by atoms with van der Waals surface area (Å²) >= 11 is 5.38. The van der Waals surface area contributed by atoms with Gasteiger partial charge in [-0.15, -0.1) is 11.3 Å². The van der Waals surface area contributed by atoms with E-state index in [2.05, 4.69) is 51.8 Å². The molecule has 5 heteroatoms. The van der Waals surface area contributed by atoms with Crippen LogP contribution in [0.25, 0.3) is 0 Å². The Morgan fingerprint density at radius 1 is 1.47 bits per heavy atom. The fourth-order valence-corrected chi connectivity index (χ4v) is 4.52. The molecule has 0 saturated carbocycles. The van der Waals surface area contributed by atoms with E-state index < -0.39 is 0 Å². The van der Waals surface area contributed by atoms with Crippen LogP contribution in [0.2, 0.25) is 0 Å². The molecular weight excluding hydrogens is 322 g/mol. The first-order valence-electron chi connectivity index (χ1n) is 7.05. The predicted octanol–water partition coefficient (Wildman–Crippen LogP) is 2.93. The summed E-state index contributed by atoms with van der Waals surface area (Å²) in [5.41, 5.74) is 6.08. The smallest absolute Gasteiger partial charge is 0.0702 e. The van der Waals surface area contributed by atoms with E-state index in [0.717, 1.165) is 13.1 Å². The highest BCUT2D eigenvalue weighted by Gasteiger charge is 2.29. The third-order valence-corrected chi connectivity index (χ3v) is 5.69. The molecule has 0 amide bonds. The van der Waals surface area contributed by atoms with Crippen molar-refractivity contribution in [2.45, 2.75) is 31.8 Å². The van der Waals surface area contributed by atoms with Crippen LogP contribution < -0.4 is 5.73 Å². The molecule has 2 unspecified atom stereocenters. The molecule has 19 heavy (non-hydrogen) atoms. The molecule has 2 N–H and O–H groups in total. The fraction of sp³-hybridized carbons (Fsp3) is 0.714. The van der Waals surface area contributed by atoms with Gasteiger partial charge >= 0.3 is 0 Å². The zero-order valence-electron chi connectivity index (χ0n) is 11.8. The molecule has 3 nitrogen and oxygen atoms in total. The summed E-state index contributed by atoms with van der Waals surface area (Å²) in [4.78, 5) is 6.46. The van der Waals surface area contributed by atoms with Crippen LogP contribution in [-0.4, -0.2) is 49.1 Å². The van der Waals surface area contributed by atoms with E-state index in [-0.39, 0.29) is 0 Å². The van der Waals surface area contributed by atoms with Crippen molar-refractivity contribution in [2.24, 2.45) is 5.73 Å². The van der Waals surface area contributed by atoms with Crippen LogP contribution in [0.3, 0.4) is 0 Å². The molecule has 0 aliphatic carbocycles. The molecule has 1 aliphatic rings. The Balaban J connectivity index is 2.19. The molecular formula is C14H24BrN3S. The third-order valence-electron chi connectivity index (χ3n) is 3.96. The summed E-state index contributed by atoms with van der Waals surface area (Å²) < 4.78 is 1.20. The number of nitrogens with two attached hydrogens (primary N) is 1. The number of rotatable bonds is 4. The first kappa shape index (κ1) is 15.4. The maximum absolute atomic E-state index is 6.08. The third kappa shape index (κ3) is 3.79. The van der Waals surface area contributed by atoms with E-state index in [0.29, 0.717) is 18.6 Å². The molecule has 1 aromatic rings. The van der Waals surface area contributed by atoms with Crippen LogP contribution in [0.5, 0.6) is 0 Å². The van der Waals surface area contributed by atoms with Crippen LogP contribution in [-0.2, 0) is 0 Å². The molecule has 1 saturated heterocycles. The summed E-state index contributed by atoms with van der Waals surface area (Å²) in [6.07, 6.45) is 2.42. The van der Waals surface area contributed by atoms with Crippen LogP contribution in [0.4, 0.5) is 0 Å². The second-order valence-electron chi connectivity index (χ2n) is 5.31. The minimum atomic E-state index is 0.368. The Hall–Kier alpha value is 0.0600. The lowest BCUT2D eigenvalue weighted by atomic mass is 10.1. The fourth-order valence-electron chi connectivity index (χ4n) is 2.96. The van der Waals surface area contributed by atoms with Gasteiger partial charge in [-0.1, -0.05) is 6.92 Å². The van der Waals surface area contributed by atoms with Gasteiger partial charge in [0.15, 0.2) is 0 Å². The number of halogens is 1. The quantitative estimate of drug-likeness (QED) is 0.910. The van der Waals surface area contributed by atoms with Gasteiger partial charge in [0, 0.05) is 30.6 Å². The summed E-state index contributed by atoms with van der Waals surface area (Å²) in [6, 6.07) is 5.33. The van der Waals surface area contributed by atoms with Gasteiger partial charge in [0.25, 0.3) is 0 Å². The Morgan fingerprint density at radius 2 is 2.26 bits per heavy atom. The number of thiophene rings is 1. The van der Waals surface area contributed by atoms with Crippen molar-refractivity contribution < 1.29 is 0 Å². The van der Waals surface area contributed by atoms with Crippen LogP contribution in [0.1, 0.15) is 30.7 Å². The molecule has 1 fully saturated rings. The van der Waals surface area contributed by atoms with Gasteiger partial charge in [0.2, 0.25) is 0 Å². The lowest BCUT2D eigenvalue weighted by molar-refractivity contribution is 0.133. The standard InChI is InChI=1S/C14H24BrN3S/c1-3-11-10-17(2)7-4-8-18(11)12(9-16)13-5-6-14(15)19-13/h5-6,11-12H,3-4,7-10,16H2,1-2H3. The second-order valence-corrected chi connectivity index (χ2v) is 7.80. The van der Waals surface area contributed by atoms with E-state index in [9.17, 15) is 0 Å². The van der Waals surface area contributed by atoms with E-state index in [1.54, 1.807) is 0 Å². The zero-order chi connectivity index (χ0) is 13.8. The minimum absolute atomic E-state index is 0.368. The first-order chi connectivity index (χ1) is 9.15. The second kappa shape index (κ2) is 7.18. The van der Waals surface area contributed by atoms with Gasteiger partial charge in [-0.2, -0.15) is 0 Å². The van der Waals surface area contributed by atoms with Gasteiger partial charge in [-0.3, -0.25) is 4.90 Å². The minimum Gasteiger partial charge on any atom is -0.329 e. The maximum atomic E-state index is 6.08. The molecule has 0 radical (unpaired) electrons. The molecule has 108 valence electrons. The first-order valence-corrected chi connectivity index (χ1v) is 8.66. The normalized spacial score (nSPS) is 24.3. The Labute approximate surface area is 128 Å². The van der Waals surface area contributed by atoms with Crippen molar-refractivity contribution in [1.82, 2.24) is 9.80 Å². The summed E-state index contributed by atoms with van der Waals surface area (Å²) in [7, 11) is 2.23. The Bertz CT molecular complexity index is 396. The SMILES string of the molecule is CCC1CN(C)CCCN1C(CN)c1ccc(Br)s1. The molecule has 2 atom stereocenters. The molecule has 2 heterocycles. The average Bonchev–Trinajstić information content (AvgIpc) is 2.72. The lowest BCUT2D eigenvalue weighted by Gasteiger charge is -2.36. The number of hydrogen-bond donors (Lipinski definition) is 1. The Morgan fingerprint density at radius 3 is 2.84 bits per heavy atom. The summed E-state index contributed by atoms with van der Waals surface area (Å²) in [5.74, 6) is 0. The van der Waals surface area contributed by atoms with Gasteiger partial charge in [0.05, 0.1) is 9.83 Å². The van der Waals surface area contributed by atoms with Crippen LogP contribution >= 0.6 is 27.3 Å². The highest BCUT2D eigenvalue weighted by atomic mass is 79.9. The van der Waals surface area contributed by atoms with Crippen molar-refractivity contribution in [2.75, 3.05) is 33.2 Å². The zero-order valence-corrected chi connectivity index (χ0v) is 14.2. The van der Waals surface area contributed by atoms with Gasteiger partial charge in [-0.25, -0.2) is 0 Å². The molecule has 1 aromatic heterocycles. The maximum Gasteiger partial charge on any atom is 0.0702 e. The Kier molecular flexibility index (Phi) is 5.84. The monoisotopic (exact) mass is 345 g/mol. The number of likely N-dealkylation sites (N-methyl/N-ethyl adjacent to an activating group) is 1. The van der Waals surface area contributed by atoms with Crippen molar-refractivity contribution in [3.8, 4) is 0 Å². The summed E-state index contributed by atoms with van der Waals surface area (Å²) in [5, 5.41) is 0. The topological polar surface area (TPSA) is 32.5 Å². The van der Waals surface area contributed by atoms with E-state index in [4.69, 9.17) is 5.73 Å². The van der Waals surface area contributed by atoms with Gasteiger partial charge in [-0.05, 0) is 54.5 Å². The highest BCUT2D eigenvalue weighted by Crippen LogP contribution is 2.32. The summed E-state index contributed by atoms with van der Waals surface area (Å²) in [6.45, 7) is 6.49. The van der Waals surface area contributed by atoms with E-state index in [1.807, 2.05) is 11.3 Å². The predicted molar refractivity (Wildman–Crippen MR) is 86.7 cm³/mol. The van der Waals surface area contributed by atoms with Crippen LogP contribution in [0.15, 0.2) is 15.9 Å². The lowest BCUT2D eigenvalue weighted by Crippen LogP contribution is -2.44. The molecule has 1 aliphatic heterocycles. The molecule has 0 aromatic carbocycles. The van der Waals surface area contributed by atoms with Crippen molar-refractivity contribution >= 4 is 27.3 Å². The van der Waals surface area contributed by atoms with Gasteiger partial charge in [0.1, 0.15) is 0 Å². The average molecular weight is 346 g/mol. The number of nitrogens with zero attached hydrogens (tertiary/aromatic N) is 2. The largest absolute Gasteiger partial charge is 0.329 e. The molecule has 0 bridgehead atoms. The van der Waals surface area contributed by atoms with Crippen molar-refractivity contribution in [3.05, 3.63) is 20.8 Å². The van der Waals surface area contributed by atoms with Crippen molar-refractivity contribution in [3.63, 3.8) is 0 Å². The number of hydrogen-bond acceptors (Lipinski definition) is 4. The van der Waals surface area contributed by atoms with E-state index in [1.165, 1.54) is 28.0 Å². The highest BCUT2D eigenvalue weighted by molar-refractivity contribution is 9.11. The van der Waals surface area contributed by atoms with Gasteiger partial charge < -0.3 is 10.6 Å². The molecule has 0 spiro atoms.